The van der Waals surface area contributed by atoms with Gasteiger partial charge in [0.15, 0.2) is 0 Å². The van der Waals surface area contributed by atoms with Crippen molar-refractivity contribution in [2.75, 3.05) is 31.1 Å². The number of anilines is 1. The Balaban J connectivity index is 1.90. The molecule has 106 valence electrons. The first-order valence-electron chi connectivity index (χ1n) is 6.62. The average Bonchev–Trinajstić information content (AvgIpc) is 3.00. The molecule has 0 atom stereocenters. The van der Waals surface area contributed by atoms with Crippen molar-refractivity contribution in [1.29, 1.82) is 0 Å². The summed E-state index contributed by atoms with van der Waals surface area (Å²) >= 11 is 0. The molecular formula is C14H17N3O2S. The lowest BCUT2D eigenvalue weighted by Gasteiger charge is -2.28. The molecule has 0 unspecified atom stereocenters. The van der Waals surface area contributed by atoms with Crippen LogP contribution >= 0.6 is 0 Å². The zero-order chi connectivity index (χ0) is 14.0. The van der Waals surface area contributed by atoms with Crippen LogP contribution in [0.5, 0.6) is 0 Å². The first-order valence-corrected chi connectivity index (χ1v) is 8.06. The van der Waals surface area contributed by atoms with E-state index in [-0.39, 0.29) is 0 Å². The molecule has 1 N–H and O–H groups in total. The molecule has 1 aromatic heterocycles. The van der Waals surface area contributed by atoms with Crippen LogP contribution in [0.1, 0.15) is 0 Å². The Labute approximate surface area is 118 Å². The highest BCUT2D eigenvalue weighted by Crippen LogP contribution is 2.20. The van der Waals surface area contributed by atoms with E-state index in [2.05, 4.69) is 10.2 Å². The van der Waals surface area contributed by atoms with Gasteiger partial charge in [-0.15, -0.1) is 0 Å². The van der Waals surface area contributed by atoms with Crippen LogP contribution in [0.15, 0.2) is 53.7 Å². The molecule has 3 rings (SSSR count). The number of rotatable bonds is 3. The van der Waals surface area contributed by atoms with E-state index in [9.17, 15) is 8.42 Å². The Hall–Kier alpha value is -1.79. The first-order chi connectivity index (χ1) is 9.68. The highest BCUT2D eigenvalue weighted by atomic mass is 32.2. The van der Waals surface area contributed by atoms with Gasteiger partial charge >= 0.3 is 0 Å². The van der Waals surface area contributed by atoms with Crippen LogP contribution in [-0.4, -0.2) is 38.6 Å². The first kappa shape index (κ1) is 13.2. The zero-order valence-electron chi connectivity index (χ0n) is 11.1. The van der Waals surface area contributed by atoms with Crippen LogP contribution in [0, 0.1) is 0 Å². The van der Waals surface area contributed by atoms with Crippen molar-refractivity contribution in [3.63, 3.8) is 0 Å². The molecular weight excluding hydrogens is 274 g/mol. The average molecular weight is 291 g/mol. The highest BCUT2D eigenvalue weighted by Gasteiger charge is 2.18. The fourth-order valence-corrected chi connectivity index (χ4v) is 3.55. The van der Waals surface area contributed by atoms with Gasteiger partial charge in [-0.1, -0.05) is 18.2 Å². The molecule has 1 aliphatic rings. The summed E-state index contributed by atoms with van der Waals surface area (Å²) in [6, 6.07) is 10.3. The third-order valence-corrected chi connectivity index (χ3v) is 5.10. The van der Waals surface area contributed by atoms with Crippen molar-refractivity contribution in [2.45, 2.75) is 4.90 Å². The molecule has 0 aliphatic carbocycles. The van der Waals surface area contributed by atoms with Gasteiger partial charge in [0.05, 0.1) is 10.6 Å². The molecule has 2 aromatic rings. The minimum Gasteiger partial charge on any atom is -0.368 e. The van der Waals surface area contributed by atoms with E-state index in [4.69, 9.17) is 0 Å². The van der Waals surface area contributed by atoms with Crippen molar-refractivity contribution in [2.24, 2.45) is 0 Å². The third-order valence-electron chi connectivity index (χ3n) is 3.45. The molecule has 1 aliphatic heterocycles. The predicted octanol–water partition coefficient (Wildman–Crippen LogP) is 1.13. The Bertz CT molecular complexity index is 673. The van der Waals surface area contributed by atoms with Crippen molar-refractivity contribution in [3.05, 3.63) is 48.8 Å². The van der Waals surface area contributed by atoms with Crippen LogP contribution in [-0.2, 0) is 10.0 Å². The summed E-state index contributed by atoms with van der Waals surface area (Å²) in [5.41, 5.74) is 0.950. The Morgan fingerprint density at radius 3 is 2.40 bits per heavy atom. The van der Waals surface area contributed by atoms with Gasteiger partial charge < -0.3 is 10.2 Å². The number of nitrogens with zero attached hydrogens (tertiary/aromatic N) is 2. The van der Waals surface area contributed by atoms with Crippen LogP contribution in [0.2, 0.25) is 0 Å². The van der Waals surface area contributed by atoms with E-state index in [0.29, 0.717) is 4.90 Å². The van der Waals surface area contributed by atoms with Crippen molar-refractivity contribution < 1.29 is 8.42 Å². The van der Waals surface area contributed by atoms with Crippen LogP contribution in [0.3, 0.4) is 0 Å². The second kappa shape index (κ2) is 5.30. The number of piperazine rings is 1. The summed E-state index contributed by atoms with van der Waals surface area (Å²) in [6.07, 6.45) is 3.30. The third kappa shape index (κ3) is 2.44. The summed E-state index contributed by atoms with van der Waals surface area (Å²) in [7, 11) is -3.48. The van der Waals surface area contributed by atoms with Gasteiger partial charge in [0, 0.05) is 38.6 Å². The summed E-state index contributed by atoms with van der Waals surface area (Å²) in [6.45, 7) is 3.65. The van der Waals surface area contributed by atoms with Crippen LogP contribution < -0.4 is 10.2 Å². The summed E-state index contributed by atoms with van der Waals surface area (Å²) in [5.74, 6) is 0. The number of hydrogen-bond donors (Lipinski definition) is 1. The van der Waals surface area contributed by atoms with E-state index in [1.807, 2.05) is 6.07 Å². The topological polar surface area (TPSA) is 54.3 Å². The smallest absolute Gasteiger partial charge is 0.267 e. The Kier molecular flexibility index (Phi) is 3.50. The number of aromatic nitrogens is 1. The second-order valence-electron chi connectivity index (χ2n) is 4.75. The molecule has 0 spiro atoms. The summed E-state index contributed by atoms with van der Waals surface area (Å²) in [4.78, 5) is 2.50. The molecule has 6 heteroatoms. The minimum atomic E-state index is -3.48. The maximum absolute atomic E-state index is 12.5. The van der Waals surface area contributed by atoms with Crippen molar-refractivity contribution >= 4 is 15.7 Å². The molecule has 5 nitrogen and oxygen atoms in total. The summed E-state index contributed by atoms with van der Waals surface area (Å²) < 4.78 is 26.2. The van der Waals surface area contributed by atoms with Crippen LogP contribution in [0.4, 0.5) is 5.69 Å². The standard InChI is InChI=1S/C14H17N3O2S/c18-20(19,14-4-2-1-3-5-14)17-9-6-13(12-17)16-10-7-15-8-11-16/h1-6,9,12,15H,7-8,10-11H2. The summed E-state index contributed by atoms with van der Waals surface area (Å²) in [5, 5.41) is 3.28. The van der Waals surface area contributed by atoms with Gasteiger partial charge in [0.2, 0.25) is 0 Å². The second-order valence-corrected chi connectivity index (χ2v) is 6.60. The van der Waals surface area contributed by atoms with E-state index >= 15 is 0 Å². The molecule has 0 saturated carbocycles. The van der Waals surface area contributed by atoms with Gasteiger partial charge in [0.1, 0.15) is 0 Å². The lowest BCUT2D eigenvalue weighted by atomic mass is 10.3. The number of benzene rings is 1. The molecule has 1 fully saturated rings. The molecule has 1 saturated heterocycles. The number of hydrogen-bond acceptors (Lipinski definition) is 4. The van der Waals surface area contributed by atoms with Crippen molar-refractivity contribution in [3.8, 4) is 0 Å². The van der Waals surface area contributed by atoms with E-state index in [1.165, 1.54) is 3.97 Å². The van der Waals surface area contributed by atoms with E-state index < -0.39 is 10.0 Å². The molecule has 2 heterocycles. The highest BCUT2D eigenvalue weighted by molar-refractivity contribution is 7.90. The van der Waals surface area contributed by atoms with Gasteiger partial charge in [-0.2, -0.15) is 0 Å². The zero-order valence-corrected chi connectivity index (χ0v) is 11.9. The van der Waals surface area contributed by atoms with Crippen molar-refractivity contribution in [1.82, 2.24) is 9.29 Å². The van der Waals surface area contributed by atoms with Gasteiger partial charge in [0.25, 0.3) is 10.0 Å². The predicted molar refractivity (Wildman–Crippen MR) is 78.5 cm³/mol. The molecule has 0 bridgehead atoms. The Morgan fingerprint density at radius 2 is 1.70 bits per heavy atom. The lowest BCUT2D eigenvalue weighted by molar-refractivity contribution is 0.585. The largest absolute Gasteiger partial charge is 0.368 e. The maximum Gasteiger partial charge on any atom is 0.267 e. The fourth-order valence-electron chi connectivity index (χ4n) is 2.34. The van der Waals surface area contributed by atoms with Gasteiger partial charge in [-0.25, -0.2) is 12.4 Å². The van der Waals surface area contributed by atoms with E-state index in [0.717, 1.165) is 31.9 Å². The van der Waals surface area contributed by atoms with Crippen LogP contribution in [0.25, 0.3) is 0 Å². The SMILES string of the molecule is O=S(=O)(c1ccccc1)n1ccc(N2CCNCC2)c1. The Morgan fingerprint density at radius 1 is 1.00 bits per heavy atom. The quantitative estimate of drug-likeness (QED) is 0.921. The fraction of sp³-hybridized carbons (Fsp3) is 0.286. The lowest BCUT2D eigenvalue weighted by Crippen LogP contribution is -2.43. The molecule has 0 amide bonds. The molecule has 1 aromatic carbocycles. The number of nitrogens with one attached hydrogen (secondary N) is 1. The molecule has 20 heavy (non-hydrogen) atoms. The monoisotopic (exact) mass is 291 g/mol. The van der Waals surface area contributed by atoms with Gasteiger partial charge in [-0.05, 0) is 18.2 Å². The maximum atomic E-state index is 12.5. The minimum absolute atomic E-state index is 0.308. The normalized spacial score (nSPS) is 16.3. The van der Waals surface area contributed by atoms with Gasteiger partial charge in [-0.3, -0.25) is 0 Å². The molecule has 0 radical (unpaired) electrons. The van der Waals surface area contributed by atoms with E-state index in [1.54, 1.807) is 42.7 Å².